The lowest BCUT2D eigenvalue weighted by atomic mass is 10.2. The number of amides is 1. The second kappa shape index (κ2) is 9.27. The van der Waals surface area contributed by atoms with Crippen LogP contribution < -0.4 is 14.8 Å². The molecule has 0 aliphatic heterocycles. The van der Waals surface area contributed by atoms with Gasteiger partial charge in [0.15, 0.2) is 18.1 Å². The summed E-state index contributed by atoms with van der Waals surface area (Å²) in [6.45, 7) is 5.80. The number of aryl methyl sites for hydroxylation is 2. The number of hydrogen-bond acceptors (Lipinski definition) is 6. The van der Waals surface area contributed by atoms with Gasteiger partial charge in [-0.1, -0.05) is 16.8 Å². The van der Waals surface area contributed by atoms with Crippen molar-refractivity contribution in [1.29, 1.82) is 0 Å². The van der Waals surface area contributed by atoms with Gasteiger partial charge in [0.05, 0.1) is 42.0 Å². The Kier molecular flexibility index (Phi) is 7.06. The lowest BCUT2D eigenvalue weighted by molar-refractivity contribution is -0.120. The Morgan fingerprint density at radius 2 is 2.15 bits per heavy atom. The second-order valence-corrected chi connectivity index (χ2v) is 6.10. The maximum Gasteiger partial charge on any atom is 0.265 e. The van der Waals surface area contributed by atoms with Crippen LogP contribution in [-0.2, 0) is 16.7 Å². The minimum absolute atomic E-state index is 0.230. The van der Waals surface area contributed by atoms with Gasteiger partial charge < -0.3 is 19.6 Å². The van der Waals surface area contributed by atoms with Crippen LogP contribution in [0.4, 0.5) is 5.69 Å². The van der Waals surface area contributed by atoms with Crippen LogP contribution in [0.1, 0.15) is 23.9 Å². The largest absolute Gasteiger partial charge is 0.493 e. The number of carbonyl (C=O) groups is 1. The van der Waals surface area contributed by atoms with Crippen LogP contribution in [0.2, 0.25) is 5.02 Å². The molecular formula is C18H23ClN4O4. The maximum absolute atomic E-state index is 12.0. The van der Waals surface area contributed by atoms with E-state index in [4.69, 9.17) is 25.9 Å². The number of aromatic nitrogens is 2. The van der Waals surface area contributed by atoms with Gasteiger partial charge in [0.1, 0.15) is 0 Å². The zero-order valence-corrected chi connectivity index (χ0v) is 16.8. The minimum Gasteiger partial charge on any atom is -0.493 e. The summed E-state index contributed by atoms with van der Waals surface area (Å²) in [6, 6.07) is 3.39. The van der Waals surface area contributed by atoms with Crippen LogP contribution in [0, 0.1) is 13.8 Å². The highest BCUT2D eigenvalue weighted by Crippen LogP contribution is 2.36. The normalized spacial score (nSPS) is 10.9. The Balaban J connectivity index is 1.95. The molecule has 1 aromatic carbocycles. The molecule has 9 heteroatoms. The molecule has 27 heavy (non-hydrogen) atoms. The van der Waals surface area contributed by atoms with E-state index in [0.29, 0.717) is 34.4 Å². The Morgan fingerprint density at radius 3 is 2.74 bits per heavy atom. The molecular weight excluding hydrogens is 372 g/mol. The average Bonchev–Trinajstić information content (AvgIpc) is 2.87. The number of rotatable bonds is 8. The van der Waals surface area contributed by atoms with Gasteiger partial charge in [0.25, 0.3) is 5.91 Å². The molecule has 0 aliphatic carbocycles. The van der Waals surface area contributed by atoms with Crippen molar-refractivity contribution >= 4 is 29.4 Å². The molecule has 2 rings (SSSR count). The average molecular weight is 395 g/mol. The number of hydrogen-bond donors (Lipinski definition) is 1. The van der Waals surface area contributed by atoms with Gasteiger partial charge in [-0.25, -0.2) is 0 Å². The molecule has 1 N–H and O–H groups in total. The van der Waals surface area contributed by atoms with Crippen molar-refractivity contribution < 1.29 is 19.1 Å². The van der Waals surface area contributed by atoms with E-state index in [1.165, 1.54) is 13.3 Å². The first-order valence-corrected chi connectivity index (χ1v) is 8.70. The maximum atomic E-state index is 12.0. The van der Waals surface area contributed by atoms with Crippen molar-refractivity contribution in [3.05, 3.63) is 34.1 Å². The van der Waals surface area contributed by atoms with Crippen molar-refractivity contribution in [2.75, 3.05) is 25.6 Å². The fourth-order valence-corrected chi connectivity index (χ4v) is 2.70. The van der Waals surface area contributed by atoms with E-state index in [2.05, 4.69) is 15.6 Å². The zero-order valence-electron chi connectivity index (χ0n) is 16.0. The van der Waals surface area contributed by atoms with E-state index >= 15 is 0 Å². The van der Waals surface area contributed by atoms with E-state index in [9.17, 15) is 4.79 Å². The molecule has 2 aromatic rings. The molecule has 0 atom stereocenters. The second-order valence-electron chi connectivity index (χ2n) is 5.69. The first kappa shape index (κ1) is 20.6. The highest BCUT2D eigenvalue weighted by Gasteiger charge is 2.13. The van der Waals surface area contributed by atoms with Crippen LogP contribution in [0.5, 0.6) is 11.5 Å². The van der Waals surface area contributed by atoms with Crippen LogP contribution in [0.25, 0.3) is 0 Å². The smallest absolute Gasteiger partial charge is 0.265 e. The molecule has 8 nitrogen and oxygen atoms in total. The highest BCUT2D eigenvalue weighted by atomic mass is 35.5. The molecule has 1 amide bonds. The molecule has 0 saturated heterocycles. The summed E-state index contributed by atoms with van der Waals surface area (Å²) in [5.74, 6) is 0.640. The predicted octanol–water partition coefficient (Wildman–Crippen LogP) is 3.09. The predicted molar refractivity (Wildman–Crippen MR) is 104 cm³/mol. The minimum atomic E-state index is -0.325. The number of nitrogens with one attached hydrogen (secondary N) is 1. The quantitative estimate of drug-likeness (QED) is 0.549. The van der Waals surface area contributed by atoms with E-state index < -0.39 is 0 Å². The van der Waals surface area contributed by atoms with E-state index in [-0.39, 0.29) is 12.5 Å². The van der Waals surface area contributed by atoms with Crippen LogP contribution in [-0.4, -0.2) is 42.2 Å². The van der Waals surface area contributed by atoms with Crippen LogP contribution >= 0.6 is 11.6 Å². The topological polar surface area (TPSA) is 87.0 Å². The van der Waals surface area contributed by atoms with Gasteiger partial charge in [-0.2, -0.15) is 5.10 Å². The highest BCUT2D eigenvalue weighted by molar-refractivity contribution is 6.32. The summed E-state index contributed by atoms with van der Waals surface area (Å²) in [5, 5.41) is 11.2. The summed E-state index contributed by atoms with van der Waals surface area (Å²) < 4.78 is 12.4. The fraction of sp³-hybridized carbons (Fsp3) is 0.389. The number of methoxy groups -OCH3 is 1. The summed E-state index contributed by atoms with van der Waals surface area (Å²) in [5.41, 5.74) is 2.93. The Bertz CT molecular complexity index is 848. The SMILES string of the molecule is CCOc1c(Cl)cc(/C=N\OCC(=O)Nc2c(C)nn(C)c2C)cc1OC. The van der Waals surface area contributed by atoms with Gasteiger partial charge in [0, 0.05) is 12.6 Å². The summed E-state index contributed by atoms with van der Waals surface area (Å²) in [4.78, 5) is 17.1. The fourth-order valence-electron chi connectivity index (χ4n) is 2.42. The molecule has 0 radical (unpaired) electrons. The van der Waals surface area contributed by atoms with E-state index in [0.717, 1.165) is 11.4 Å². The monoisotopic (exact) mass is 394 g/mol. The van der Waals surface area contributed by atoms with E-state index in [1.54, 1.807) is 16.8 Å². The van der Waals surface area contributed by atoms with Gasteiger partial charge in [-0.3, -0.25) is 9.48 Å². The van der Waals surface area contributed by atoms with Crippen molar-refractivity contribution in [1.82, 2.24) is 9.78 Å². The molecule has 1 heterocycles. The molecule has 0 aliphatic rings. The van der Waals surface area contributed by atoms with Crippen molar-refractivity contribution in [2.45, 2.75) is 20.8 Å². The van der Waals surface area contributed by atoms with Crippen molar-refractivity contribution in [3.63, 3.8) is 0 Å². The molecule has 0 unspecified atom stereocenters. The number of ether oxygens (including phenoxy) is 2. The number of carbonyl (C=O) groups excluding carboxylic acids is 1. The van der Waals surface area contributed by atoms with Crippen molar-refractivity contribution in [2.24, 2.45) is 12.2 Å². The lowest BCUT2D eigenvalue weighted by Crippen LogP contribution is -2.18. The third kappa shape index (κ3) is 5.13. The van der Waals surface area contributed by atoms with E-state index in [1.807, 2.05) is 27.8 Å². The van der Waals surface area contributed by atoms with Crippen LogP contribution in [0.15, 0.2) is 17.3 Å². The summed E-state index contributed by atoms with van der Waals surface area (Å²) >= 11 is 6.20. The molecule has 0 spiro atoms. The zero-order chi connectivity index (χ0) is 20.0. The number of benzene rings is 1. The van der Waals surface area contributed by atoms with Gasteiger partial charge in [0.2, 0.25) is 0 Å². The Labute approximate surface area is 163 Å². The molecule has 1 aromatic heterocycles. The molecule has 0 fully saturated rings. The number of halogens is 1. The number of nitrogens with zero attached hydrogens (tertiary/aromatic N) is 3. The molecule has 0 saturated carbocycles. The number of anilines is 1. The van der Waals surface area contributed by atoms with Crippen molar-refractivity contribution in [3.8, 4) is 11.5 Å². The standard InChI is InChI=1S/C18H23ClN4O4/c1-6-26-18-14(19)7-13(8-15(18)25-5)9-20-27-10-16(24)21-17-11(2)22-23(4)12(17)3/h7-9H,6,10H2,1-5H3,(H,21,24)/b20-9-. The summed E-state index contributed by atoms with van der Waals surface area (Å²) in [7, 11) is 3.34. The third-order valence-corrected chi connectivity index (χ3v) is 4.07. The van der Waals surface area contributed by atoms with Gasteiger partial charge in [-0.15, -0.1) is 0 Å². The first-order valence-electron chi connectivity index (χ1n) is 8.33. The molecule has 0 bridgehead atoms. The Hall–Kier alpha value is -2.74. The molecule has 146 valence electrons. The Morgan fingerprint density at radius 1 is 1.41 bits per heavy atom. The van der Waals surface area contributed by atoms with Crippen LogP contribution in [0.3, 0.4) is 0 Å². The third-order valence-electron chi connectivity index (χ3n) is 3.79. The van der Waals surface area contributed by atoms with Gasteiger partial charge in [-0.05, 0) is 32.9 Å². The lowest BCUT2D eigenvalue weighted by Gasteiger charge is -2.11. The number of oxime groups is 1. The summed E-state index contributed by atoms with van der Waals surface area (Å²) in [6.07, 6.45) is 1.44. The first-order chi connectivity index (χ1) is 12.9. The van der Waals surface area contributed by atoms with Gasteiger partial charge >= 0.3 is 0 Å².